The molecule has 19 heavy (non-hydrogen) atoms. The van der Waals surface area contributed by atoms with Crippen molar-refractivity contribution in [1.29, 1.82) is 0 Å². The molecule has 1 rings (SSSR count). The summed E-state index contributed by atoms with van der Waals surface area (Å²) in [6, 6.07) is -0.435. The number of carboxylic acids is 2. The van der Waals surface area contributed by atoms with Crippen LogP contribution < -0.4 is 5.32 Å². The molecule has 0 bridgehead atoms. The number of pyridine rings is 1. The predicted molar refractivity (Wildman–Crippen MR) is 69.8 cm³/mol. The van der Waals surface area contributed by atoms with Crippen molar-refractivity contribution in [3.8, 4) is 5.75 Å². The first kappa shape index (κ1) is 15.1. The number of carbonyl (C=O) groups excluding carboxylic acids is 1. The van der Waals surface area contributed by atoms with Crippen LogP contribution in [-0.4, -0.2) is 44.2 Å². The van der Waals surface area contributed by atoms with E-state index in [0.29, 0.717) is 0 Å². The predicted octanol–water partition coefficient (Wildman–Crippen LogP) is 0.0495. The fraction of sp³-hybridized carbons (Fsp3) is 0.200. The van der Waals surface area contributed by atoms with Gasteiger partial charge in [0, 0.05) is 6.20 Å². The molecular formula is C10H9IN2O6. The normalized spacial score (nSPS) is 11.6. The van der Waals surface area contributed by atoms with Gasteiger partial charge in [0.1, 0.15) is 15.5 Å². The molecule has 0 aliphatic rings. The van der Waals surface area contributed by atoms with Gasteiger partial charge in [-0.05, 0) is 28.7 Å². The van der Waals surface area contributed by atoms with Gasteiger partial charge in [-0.3, -0.25) is 9.59 Å². The molecule has 1 heterocycles. The Kier molecular flexibility index (Phi) is 5.03. The van der Waals surface area contributed by atoms with Crippen LogP contribution in [0.15, 0.2) is 12.3 Å². The van der Waals surface area contributed by atoms with E-state index in [-0.39, 0.29) is 15.0 Å². The summed E-state index contributed by atoms with van der Waals surface area (Å²) >= 11 is 1.75. The van der Waals surface area contributed by atoms with Crippen LogP contribution in [0.2, 0.25) is 0 Å². The van der Waals surface area contributed by atoms with Gasteiger partial charge in [0.05, 0.1) is 12.0 Å². The highest BCUT2D eigenvalue weighted by Gasteiger charge is 2.24. The minimum Gasteiger partial charge on any atom is -0.505 e. The minimum absolute atomic E-state index is 0.0606. The Morgan fingerprint density at radius 2 is 2.00 bits per heavy atom. The highest BCUT2D eigenvalue weighted by molar-refractivity contribution is 14.1. The maximum atomic E-state index is 11.7. The van der Waals surface area contributed by atoms with Gasteiger partial charge in [-0.1, -0.05) is 0 Å². The van der Waals surface area contributed by atoms with Crippen molar-refractivity contribution < 1.29 is 29.7 Å². The van der Waals surface area contributed by atoms with Crippen molar-refractivity contribution in [2.24, 2.45) is 0 Å². The first-order chi connectivity index (χ1) is 8.81. The Hall–Kier alpha value is -1.91. The maximum absolute atomic E-state index is 11.7. The molecule has 0 saturated carbocycles. The molecule has 0 fully saturated rings. The van der Waals surface area contributed by atoms with Gasteiger partial charge in [0.25, 0.3) is 5.91 Å². The van der Waals surface area contributed by atoms with Gasteiger partial charge in [0.15, 0.2) is 0 Å². The molecule has 102 valence electrons. The summed E-state index contributed by atoms with van der Waals surface area (Å²) in [7, 11) is 0. The molecule has 0 aliphatic carbocycles. The summed E-state index contributed by atoms with van der Waals surface area (Å²) in [5, 5.41) is 28.7. The summed E-state index contributed by atoms with van der Waals surface area (Å²) in [5.41, 5.74) is -0.0606. The number of nitrogens with one attached hydrogen (secondary N) is 1. The third-order valence-electron chi connectivity index (χ3n) is 2.06. The zero-order valence-electron chi connectivity index (χ0n) is 9.33. The number of aromatic nitrogens is 1. The van der Waals surface area contributed by atoms with Gasteiger partial charge in [-0.15, -0.1) is 0 Å². The van der Waals surface area contributed by atoms with Crippen molar-refractivity contribution in [1.82, 2.24) is 10.3 Å². The van der Waals surface area contributed by atoms with Crippen molar-refractivity contribution in [2.45, 2.75) is 12.5 Å². The first-order valence-electron chi connectivity index (χ1n) is 4.91. The average molecular weight is 380 g/mol. The van der Waals surface area contributed by atoms with Crippen LogP contribution in [-0.2, 0) is 9.59 Å². The van der Waals surface area contributed by atoms with E-state index in [1.165, 1.54) is 0 Å². The number of hydrogen-bond acceptors (Lipinski definition) is 5. The van der Waals surface area contributed by atoms with Crippen LogP contribution in [0, 0.1) is 3.70 Å². The molecular weight excluding hydrogens is 371 g/mol. The van der Waals surface area contributed by atoms with Gasteiger partial charge >= 0.3 is 11.9 Å². The molecule has 1 atom stereocenters. The zero-order chi connectivity index (χ0) is 14.6. The van der Waals surface area contributed by atoms with E-state index in [9.17, 15) is 19.5 Å². The van der Waals surface area contributed by atoms with Crippen molar-refractivity contribution in [3.63, 3.8) is 0 Å². The summed E-state index contributed by atoms with van der Waals surface area (Å²) in [6.07, 6.45) is 0.404. The van der Waals surface area contributed by atoms with Crippen LogP contribution in [0.4, 0.5) is 0 Å². The molecule has 0 aromatic carbocycles. The molecule has 0 saturated heterocycles. The first-order valence-corrected chi connectivity index (χ1v) is 5.99. The lowest BCUT2D eigenvalue weighted by atomic mass is 10.2. The molecule has 0 spiro atoms. The Bertz CT molecular complexity index is 533. The molecule has 9 heteroatoms. The van der Waals surface area contributed by atoms with Gasteiger partial charge in [-0.2, -0.15) is 0 Å². The topological polar surface area (TPSA) is 137 Å². The van der Waals surface area contributed by atoms with Crippen molar-refractivity contribution in [3.05, 3.63) is 21.5 Å². The Morgan fingerprint density at radius 3 is 2.47 bits per heavy atom. The number of hydrogen-bond donors (Lipinski definition) is 4. The minimum atomic E-state index is -1.55. The highest BCUT2D eigenvalue weighted by Crippen LogP contribution is 2.17. The number of amides is 1. The smallest absolute Gasteiger partial charge is 0.326 e. The van der Waals surface area contributed by atoms with Gasteiger partial charge < -0.3 is 20.6 Å². The van der Waals surface area contributed by atoms with Crippen LogP contribution in [0.25, 0.3) is 0 Å². The molecule has 1 aromatic heterocycles. The number of aromatic hydroxyl groups is 1. The van der Waals surface area contributed by atoms with Crippen LogP contribution in [0.5, 0.6) is 5.75 Å². The monoisotopic (exact) mass is 380 g/mol. The number of aliphatic carboxylic acids is 2. The molecule has 0 aliphatic heterocycles. The summed E-state index contributed by atoms with van der Waals surface area (Å²) in [4.78, 5) is 36.7. The maximum Gasteiger partial charge on any atom is 0.326 e. The SMILES string of the molecule is O=C(O)C[C@@H](NC(=O)c1cnc(I)c(O)c1)C(=O)O. The van der Waals surface area contributed by atoms with E-state index < -0.39 is 30.3 Å². The second-order valence-corrected chi connectivity index (χ2v) is 4.52. The number of rotatable bonds is 5. The second kappa shape index (κ2) is 6.31. The Balaban J connectivity index is 2.84. The fourth-order valence-corrected chi connectivity index (χ4v) is 1.47. The summed E-state index contributed by atoms with van der Waals surface area (Å²) in [5.74, 6) is -3.86. The van der Waals surface area contributed by atoms with E-state index in [1.54, 1.807) is 22.6 Å². The van der Waals surface area contributed by atoms with Gasteiger partial charge in [-0.25, -0.2) is 9.78 Å². The molecule has 1 amide bonds. The third kappa shape index (κ3) is 4.35. The average Bonchev–Trinajstić information content (AvgIpc) is 2.31. The van der Waals surface area contributed by atoms with E-state index >= 15 is 0 Å². The van der Waals surface area contributed by atoms with E-state index in [1.807, 2.05) is 5.32 Å². The molecule has 1 aromatic rings. The number of halogens is 1. The fourth-order valence-electron chi connectivity index (χ4n) is 1.18. The molecule has 0 unspecified atom stereocenters. The number of carboxylic acid groups (broad SMARTS) is 2. The second-order valence-electron chi connectivity index (χ2n) is 3.50. The summed E-state index contributed by atoms with van der Waals surface area (Å²) < 4.78 is 0.287. The van der Waals surface area contributed by atoms with E-state index in [4.69, 9.17) is 10.2 Å². The van der Waals surface area contributed by atoms with Crippen molar-refractivity contribution >= 4 is 40.4 Å². The van der Waals surface area contributed by atoms with E-state index in [0.717, 1.165) is 12.3 Å². The highest BCUT2D eigenvalue weighted by atomic mass is 127. The van der Waals surface area contributed by atoms with Crippen molar-refractivity contribution in [2.75, 3.05) is 0 Å². The lowest BCUT2D eigenvalue weighted by molar-refractivity contribution is -0.145. The van der Waals surface area contributed by atoms with Crippen LogP contribution in [0.3, 0.4) is 0 Å². The standard InChI is InChI=1S/C10H9IN2O6/c11-8-6(14)1-4(3-12-8)9(17)13-5(10(18)19)2-7(15)16/h1,3,5,14H,2H2,(H,13,17)(H,15,16)(H,18,19)/t5-/m1/s1. The van der Waals surface area contributed by atoms with E-state index in [2.05, 4.69) is 4.98 Å². The Morgan fingerprint density at radius 1 is 1.37 bits per heavy atom. The van der Waals surface area contributed by atoms with Crippen LogP contribution >= 0.6 is 22.6 Å². The molecule has 0 radical (unpaired) electrons. The Labute approximate surface area is 120 Å². The summed E-state index contributed by atoms with van der Waals surface area (Å²) in [6.45, 7) is 0. The molecule has 4 N–H and O–H groups in total. The number of nitrogens with zero attached hydrogens (tertiary/aromatic N) is 1. The lowest BCUT2D eigenvalue weighted by Gasteiger charge is -2.12. The quantitative estimate of drug-likeness (QED) is 0.419. The third-order valence-corrected chi connectivity index (χ3v) is 2.90. The van der Waals surface area contributed by atoms with Gasteiger partial charge in [0.2, 0.25) is 0 Å². The lowest BCUT2D eigenvalue weighted by Crippen LogP contribution is -2.42. The number of carbonyl (C=O) groups is 3. The molecule has 8 nitrogen and oxygen atoms in total. The van der Waals surface area contributed by atoms with Crippen LogP contribution in [0.1, 0.15) is 16.8 Å². The zero-order valence-corrected chi connectivity index (χ0v) is 11.5. The largest absolute Gasteiger partial charge is 0.505 e.